The molecule has 4 nitrogen and oxygen atoms in total. The highest BCUT2D eigenvalue weighted by molar-refractivity contribution is 7.99. The van der Waals surface area contributed by atoms with Crippen molar-refractivity contribution in [3.05, 3.63) is 48.2 Å². The molecule has 1 aromatic carbocycles. The molecule has 0 amide bonds. The number of hydrogen-bond donors (Lipinski definition) is 1. The Hall–Kier alpha value is -1.37. The van der Waals surface area contributed by atoms with Crippen LogP contribution in [0.25, 0.3) is 0 Å². The minimum Gasteiger partial charge on any atom is -0.326 e. The highest BCUT2D eigenvalue weighted by Gasteiger charge is 2.06. The largest absolute Gasteiger partial charge is 0.326 e. The van der Waals surface area contributed by atoms with Gasteiger partial charge in [0.25, 0.3) is 0 Å². The lowest BCUT2D eigenvalue weighted by Crippen LogP contribution is -1.97. The number of aromatic nitrogens is 1. The molecule has 0 spiro atoms. The van der Waals surface area contributed by atoms with Gasteiger partial charge in [-0.1, -0.05) is 17.8 Å². The summed E-state index contributed by atoms with van der Waals surface area (Å²) < 4.78 is 22.7. The zero-order valence-electron chi connectivity index (χ0n) is 10.4. The molecule has 2 aromatic rings. The Kier molecular flexibility index (Phi) is 4.24. The maximum absolute atomic E-state index is 11.3. The molecule has 0 unspecified atom stereocenters. The van der Waals surface area contributed by atoms with Crippen molar-refractivity contribution in [2.75, 3.05) is 6.26 Å². The van der Waals surface area contributed by atoms with Gasteiger partial charge in [-0.2, -0.15) is 0 Å². The van der Waals surface area contributed by atoms with Crippen molar-refractivity contribution < 1.29 is 8.42 Å². The molecule has 1 aromatic heterocycles. The van der Waals surface area contributed by atoms with E-state index in [1.54, 1.807) is 30.5 Å². The summed E-state index contributed by atoms with van der Waals surface area (Å²) in [7, 11) is -3.14. The van der Waals surface area contributed by atoms with Crippen LogP contribution in [-0.2, 0) is 16.4 Å². The summed E-state index contributed by atoms with van der Waals surface area (Å²) in [6.45, 7) is 0.473. The summed E-state index contributed by atoms with van der Waals surface area (Å²) in [6, 6.07) is 10.6. The van der Waals surface area contributed by atoms with E-state index in [0.29, 0.717) is 11.4 Å². The van der Waals surface area contributed by atoms with Gasteiger partial charge in [-0.3, -0.25) is 0 Å². The number of nitrogens with two attached hydrogens (primary N) is 1. The van der Waals surface area contributed by atoms with Crippen molar-refractivity contribution in [1.29, 1.82) is 0 Å². The maximum atomic E-state index is 11.3. The SMILES string of the molecule is CS(=O)(=O)c1ccc(Sc2ccc(CN)cn2)cc1. The molecule has 0 aliphatic carbocycles. The maximum Gasteiger partial charge on any atom is 0.175 e. The average Bonchev–Trinajstić information content (AvgIpc) is 2.39. The van der Waals surface area contributed by atoms with Gasteiger partial charge < -0.3 is 5.73 Å². The van der Waals surface area contributed by atoms with Crippen LogP contribution in [0.4, 0.5) is 0 Å². The first-order chi connectivity index (χ1) is 8.99. The van der Waals surface area contributed by atoms with Crippen molar-refractivity contribution in [2.45, 2.75) is 21.4 Å². The normalized spacial score (nSPS) is 11.5. The van der Waals surface area contributed by atoms with Gasteiger partial charge in [0.2, 0.25) is 0 Å². The first kappa shape index (κ1) is 14.0. The molecule has 19 heavy (non-hydrogen) atoms. The summed E-state index contributed by atoms with van der Waals surface area (Å²) in [4.78, 5) is 5.55. The highest BCUT2D eigenvalue weighted by Crippen LogP contribution is 2.26. The van der Waals surface area contributed by atoms with Gasteiger partial charge >= 0.3 is 0 Å². The van der Waals surface area contributed by atoms with E-state index in [4.69, 9.17) is 5.73 Å². The molecule has 2 N–H and O–H groups in total. The third-order valence-electron chi connectivity index (χ3n) is 2.51. The molecule has 0 aliphatic rings. The Bertz CT molecular complexity index is 650. The molecule has 0 fully saturated rings. The van der Waals surface area contributed by atoms with Gasteiger partial charge in [0.1, 0.15) is 5.03 Å². The smallest absolute Gasteiger partial charge is 0.175 e. The van der Waals surface area contributed by atoms with Crippen LogP contribution in [-0.4, -0.2) is 19.7 Å². The molecule has 0 bridgehead atoms. The number of sulfone groups is 1. The first-order valence-electron chi connectivity index (χ1n) is 5.62. The summed E-state index contributed by atoms with van der Waals surface area (Å²) in [6.07, 6.45) is 2.94. The quantitative estimate of drug-likeness (QED) is 0.934. The second kappa shape index (κ2) is 5.73. The Morgan fingerprint density at radius 1 is 1.16 bits per heavy atom. The Labute approximate surface area is 117 Å². The number of hydrogen-bond acceptors (Lipinski definition) is 5. The van der Waals surface area contributed by atoms with E-state index in [9.17, 15) is 8.42 Å². The lowest BCUT2D eigenvalue weighted by molar-refractivity contribution is 0.602. The lowest BCUT2D eigenvalue weighted by Gasteiger charge is -2.03. The minimum absolute atomic E-state index is 0.322. The van der Waals surface area contributed by atoms with Crippen molar-refractivity contribution in [1.82, 2.24) is 4.98 Å². The van der Waals surface area contributed by atoms with Gasteiger partial charge in [0.15, 0.2) is 9.84 Å². The molecule has 6 heteroatoms. The monoisotopic (exact) mass is 294 g/mol. The molecule has 0 radical (unpaired) electrons. The lowest BCUT2D eigenvalue weighted by atomic mass is 10.3. The second-order valence-corrected chi connectivity index (χ2v) is 7.16. The van der Waals surface area contributed by atoms with Gasteiger partial charge in [0, 0.05) is 23.9 Å². The zero-order chi connectivity index (χ0) is 13.9. The number of benzene rings is 1. The van der Waals surface area contributed by atoms with Crippen LogP contribution in [0.1, 0.15) is 5.56 Å². The predicted octanol–water partition coefficient (Wildman–Crippen LogP) is 2.09. The van der Waals surface area contributed by atoms with Crippen molar-refractivity contribution >= 4 is 21.6 Å². The second-order valence-electron chi connectivity index (χ2n) is 4.05. The summed E-state index contributed by atoms with van der Waals surface area (Å²) in [5.74, 6) is 0. The van der Waals surface area contributed by atoms with Crippen LogP contribution < -0.4 is 5.73 Å². The zero-order valence-corrected chi connectivity index (χ0v) is 12.0. The van der Waals surface area contributed by atoms with Crippen molar-refractivity contribution in [3.8, 4) is 0 Å². The van der Waals surface area contributed by atoms with E-state index in [2.05, 4.69) is 4.98 Å². The molecule has 1 heterocycles. The molecular formula is C13H14N2O2S2. The van der Waals surface area contributed by atoms with E-state index in [1.165, 1.54) is 18.0 Å². The fourth-order valence-corrected chi connectivity index (χ4v) is 2.85. The molecule has 0 saturated carbocycles. The highest BCUT2D eigenvalue weighted by atomic mass is 32.2. The Morgan fingerprint density at radius 2 is 1.84 bits per heavy atom. The van der Waals surface area contributed by atoms with Crippen LogP contribution >= 0.6 is 11.8 Å². The Morgan fingerprint density at radius 3 is 2.32 bits per heavy atom. The number of rotatable bonds is 4. The summed E-state index contributed by atoms with van der Waals surface area (Å²) in [5.41, 5.74) is 6.49. The van der Waals surface area contributed by atoms with E-state index in [-0.39, 0.29) is 0 Å². The van der Waals surface area contributed by atoms with Gasteiger partial charge in [-0.25, -0.2) is 13.4 Å². The molecule has 2 rings (SSSR count). The molecule has 100 valence electrons. The number of pyridine rings is 1. The third-order valence-corrected chi connectivity index (χ3v) is 4.59. The summed E-state index contributed by atoms with van der Waals surface area (Å²) >= 11 is 1.48. The van der Waals surface area contributed by atoms with Crippen molar-refractivity contribution in [2.24, 2.45) is 5.73 Å². The molecule has 0 aliphatic heterocycles. The van der Waals surface area contributed by atoms with E-state index in [0.717, 1.165) is 15.5 Å². The number of nitrogens with zero attached hydrogens (tertiary/aromatic N) is 1. The van der Waals surface area contributed by atoms with E-state index >= 15 is 0 Å². The van der Waals surface area contributed by atoms with Gasteiger partial charge in [0.05, 0.1) is 4.90 Å². The van der Waals surface area contributed by atoms with Crippen LogP contribution in [0, 0.1) is 0 Å². The molecular weight excluding hydrogens is 280 g/mol. The predicted molar refractivity (Wildman–Crippen MR) is 75.8 cm³/mol. The fourth-order valence-electron chi connectivity index (χ4n) is 1.47. The molecule has 0 atom stereocenters. The Balaban J connectivity index is 2.15. The van der Waals surface area contributed by atoms with E-state index in [1.807, 2.05) is 12.1 Å². The van der Waals surface area contributed by atoms with Crippen LogP contribution in [0.3, 0.4) is 0 Å². The van der Waals surface area contributed by atoms with Crippen LogP contribution in [0.5, 0.6) is 0 Å². The fraction of sp³-hybridized carbons (Fsp3) is 0.154. The van der Waals surface area contributed by atoms with Gasteiger partial charge in [-0.15, -0.1) is 0 Å². The van der Waals surface area contributed by atoms with Gasteiger partial charge in [-0.05, 0) is 35.9 Å². The van der Waals surface area contributed by atoms with E-state index < -0.39 is 9.84 Å². The average molecular weight is 294 g/mol. The van der Waals surface area contributed by atoms with Crippen molar-refractivity contribution in [3.63, 3.8) is 0 Å². The third kappa shape index (κ3) is 3.79. The standard InChI is InChI=1S/C13H14N2O2S2/c1-19(16,17)12-5-3-11(4-6-12)18-13-7-2-10(8-14)9-15-13/h2-7,9H,8,14H2,1H3. The minimum atomic E-state index is -3.14. The topological polar surface area (TPSA) is 73.0 Å². The van der Waals surface area contributed by atoms with Crippen LogP contribution in [0.2, 0.25) is 0 Å². The summed E-state index contributed by atoms with van der Waals surface area (Å²) in [5, 5.41) is 0.851. The van der Waals surface area contributed by atoms with Crippen LogP contribution in [0.15, 0.2) is 57.4 Å². The molecule has 0 saturated heterocycles. The first-order valence-corrected chi connectivity index (χ1v) is 8.33.